The fourth-order valence-corrected chi connectivity index (χ4v) is 3.46. The molecule has 2 N–H and O–H groups in total. The van der Waals surface area contributed by atoms with Crippen molar-refractivity contribution < 1.29 is 9.59 Å². The topological polar surface area (TPSA) is 81.2 Å². The first-order valence-electron chi connectivity index (χ1n) is 6.80. The molecule has 3 heterocycles. The summed E-state index contributed by atoms with van der Waals surface area (Å²) in [6, 6.07) is 1.84. The number of rotatable bonds is 3. The van der Waals surface area contributed by atoms with Crippen molar-refractivity contribution in [2.75, 3.05) is 13.1 Å². The third kappa shape index (κ3) is 2.82. The van der Waals surface area contributed by atoms with E-state index in [2.05, 4.69) is 4.98 Å². The number of carbonyl (C=O) groups excluding carboxylic acids is 2. The number of nitrogens with two attached hydrogens (primary N) is 1. The molecule has 0 unspecified atom stereocenters. The Hall–Kier alpha value is -2.15. The first-order valence-corrected chi connectivity index (χ1v) is 7.68. The number of imidazole rings is 1. The van der Waals surface area contributed by atoms with Gasteiger partial charge in [0.05, 0.1) is 22.8 Å². The number of hydrogen-bond acceptors (Lipinski definition) is 4. The van der Waals surface area contributed by atoms with E-state index in [1.54, 1.807) is 24.0 Å². The van der Waals surface area contributed by atoms with Crippen molar-refractivity contribution in [2.24, 2.45) is 5.73 Å². The average molecular weight is 304 g/mol. The lowest BCUT2D eigenvalue weighted by Crippen LogP contribution is -2.40. The zero-order valence-corrected chi connectivity index (χ0v) is 12.3. The fourth-order valence-electron chi connectivity index (χ4n) is 2.60. The first kappa shape index (κ1) is 13.8. The van der Waals surface area contributed by atoms with Crippen molar-refractivity contribution in [2.45, 2.75) is 18.9 Å². The Morgan fingerprint density at radius 2 is 2.29 bits per heavy atom. The fraction of sp³-hybridized carbons (Fsp3) is 0.357. The lowest BCUT2D eigenvalue weighted by molar-refractivity contribution is 0.0684. The second kappa shape index (κ2) is 5.69. The van der Waals surface area contributed by atoms with Crippen molar-refractivity contribution in [3.63, 3.8) is 0 Å². The van der Waals surface area contributed by atoms with Crippen LogP contribution >= 0.6 is 11.3 Å². The molecule has 0 spiro atoms. The third-order valence-electron chi connectivity index (χ3n) is 3.72. The molecule has 1 aliphatic heterocycles. The number of amides is 2. The number of carbonyl (C=O) groups is 2. The van der Waals surface area contributed by atoms with Gasteiger partial charge >= 0.3 is 0 Å². The van der Waals surface area contributed by atoms with Crippen LogP contribution in [0.3, 0.4) is 0 Å². The molecule has 0 saturated carbocycles. The molecule has 1 aliphatic rings. The Morgan fingerprint density at radius 3 is 2.95 bits per heavy atom. The molecule has 7 heteroatoms. The molecule has 3 rings (SSSR count). The van der Waals surface area contributed by atoms with Gasteiger partial charge < -0.3 is 15.2 Å². The van der Waals surface area contributed by atoms with Crippen LogP contribution in [0.2, 0.25) is 0 Å². The van der Waals surface area contributed by atoms with Gasteiger partial charge in [0.15, 0.2) is 0 Å². The summed E-state index contributed by atoms with van der Waals surface area (Å²) in [5.41, 5.74) is 5.62. The Bertz CT molecular complexity index is 650. The number of likely N-dealkylation sites (tertiary alicyclic amines) is 1. The molecular weight excluding hydrogens is 288 g/mol. The number of thiophene rings is 1. The van der Waals surface area contributed by atoms with Gasteiger partial charge in [0, 0.05) is 30.9 Å². The van der Waals surface area contributed by atoms with Crippen molar-refractivity contribution in [3.05, 3.63) is 40.6 Å². The van der Waals surface area contributed by atoms with Gasteiger partial charge in [-0.15, -0.1) is 11.3 Å². The van der Waals surface area contributed by atoms with Crippen LogP contribution in [0.4, 0.5) is 0 Å². The maximum atomic E-state index is 12.5. The summed E-state index contributed by atoms with van der Waals surface area (Å²) >= 11 is 1.27. The Kier molecular flexibility index (Phi) is 3.74. The minimum atomic E-state index is -0.500. The largest absolute Gasteiger partial charge is 0.366 e. The maximum Gasteiger partial charge on any atom is 0.264 e. The Labute approximate surface area is 126 Å². The minimum Gasteiger partial charge on any atom is -0.366 e. The highest BCUT2D eigenvalue weighted by molar-refractivity contribution is 7.12. The third-order valence-corrected chi connectivity index (χ3v) is 4.64. The summed E-state index contributed by atoms with van der Waals surface area (Å²) in [5.74, 6) is -0.530. The van der Waals surface area contributed by atoms with E-state index in [0.29, 0.717) is 17.0 Å². The van der Waals surface area contributed by atoms with Crippen LogP contribution in [-0.2, 0) is 0 Å². The van der Waals surface area contributed by atoms with Gasteiger partial charge in [0.1, 0.15) is 0 Å². The number of aromatic nitrogens is 2. The maximum absolute atomic E-state index is 12.5. The van der Waals surface area contributed by atoms with Crippen molar-refractivity contribution >= 4 is 23.2 Å². The summed E-state index contributed by atoms with van der Waals surface area (Å²) < 4.78 is 2.04. The molecule has 2 aromatic heterocycles. The number of piperidine rings is 1. The summed E-state index contributed by atoms with van der Waals surface area (Å²) in [7, 11) is 0. The molecule has 2 aromatic rings. The molecule has 0 bridgehead atoms. The summed E-state index contributed by atoms with van der Waals surface area (Å²) in [4.78, 5) is 30.1. The molecule has 0 radical (unpaired) electrons. The first-order chi connectivity index (χ1) is 10.1. The number of hydrogen-bond donors (Lipinski definition) is 1. The van der Waals surface area contributed by atoms with E-state index in [1.165, 1.54) is 11.3 Å². The van der Waals surface area contributed by atoms with Crippen molar-refractivity contribution in [3.8, 4) is 0 Å². The lowest BCUT2D eigenvalue weighted by atomic mass is 10.1. The van der Waals surface area contributed by atoms with Crippen LogP contribution in [0.25, 0.3) is 0 Å². The van der Waals surface area contributed by atoms with Crippen LogP contribution in [0.15, 0.2) is 30.2 Å². The van der Waals surface area contributed by atoms with E-state index in [4.69, 9.17) is 5.73 Å². The molecule has 2 amide bonds. The smallest absolute Gasteiger partial charge is 0.264 e. The van der Waals surface area contributed by atoms with E-state index >= 15 is 0 Å². The predicted octanol–water partition coefficient (Wildman–Crippen LogP) is 1.52. The summed E-state index contributed by atoms with van der Waals surface area (Å²) in [5, 5.41) is 1.63. The van der Waals surface area contributed by atoms with Gasteiger partial charge in [0.25, 0.3) is 5.91 Å². The molecule has 1 saturated heterocycles. The van der Waals surface area contributed by atoms with E-state index < -0.39 is 5.91 Å². The van der Waals surface area contributed by atoms with E-state index in [1.807, 2.05) is 15.7 Å². The Balaban J connectivity index is 1.73. The van der Waals surface area contributed by atoms with E-state index in [-0.39, 0.29) is 11.9 Å². The molecule has 110 valence electrons. The van der Waals surface area contributed by atoms with E-state index in [0.717, 1.165) is 19.4 Å². The molecule has 1 atom stereocenters. The van der Waals surface area contributed by atoms with Crippen molar-refractivity contribution in [1.29, 1.82) is 0 Å². The second-order valence-corrected chi connectivity index (χ2v) is 6.03. The van der Waals surface area contributed by atoms with Crippen LogP contribution < -0.4 is 5.73 Å². The zero-order valence-electron chi connectivity index (χ0n) is 11.4. The van der Waals surface area contributed by atoms with Gasteiger partial charge in [-0.1, -0.05) is 0 Å². The second-order valence-electron chi connectivity index (χ2n) is 5.12. The monoisotopic (exact) mass is 304 g/mol. The highest BCUT2D eigenvalue weighted by Crippen LogP contribution is 2.24. The summed E-state index contributed by atoms with van der Waals surface area (Å²) in [6.45, 7) is 1.41. The van der Waals surface area contributed by atoms with E-state index in [9.17, 15) is 9.59 Å². The van der Waals surface area contributed by atoms with Crippen LogP contribution in [0, 0.1) is 0 Å². The number of nitrogens with zero attached hydrogens (tertiary/aromatic N) is 3. The molecular formula is C14H16N4O2S. The zero-order chi connectivity index (χ0) is 14.8. The van der Waals surface area contributed by atoms with Crippen LogP contribution in [0.1, 0.15) is 38.9 Å². The van der Waals surface area contributed by atoms with Gasteiger partial charge in [-0.3, -0.25) is 9.59 Å². The molecule has 0 aromatic carbocycles. The standard InChI is InChI=1S/C14H16N4O2S/c15-13(19)10-6-12(21-8-10)14(20)17-4-1-2-11(7-17)18-5-3-16-9-18/h3,5-6,8-9,11H,1-2,4,7H2,(H2,15,19)/t11-/m1/s1. The SMILES string of the molecule is NC(=O)c1csc(C(=O)N2CCC[C@@H](n3ccnc3)C2)c1. The van der Waals surface area contributed by atoms with Gasteiger partial charge in [-0.2, -0.15) is 0 Å². The molecule has 1 fully saturated rings. The summed E-state index contributed by atoms with van der Waals surface area (Å²) in [6.07, 6.45) is 7.46. The number of primary amides is 1. The normalized spacial score (nSPS) is 18.7. The van der Waals surface area contributed by atoms with Crippen molar-refractivity contribution in [1.82, 2.24) is 14.5 Å². The molecule has 21 heavy (non-hydrogen) atoms. The van der Waals surface area contributed by atoms with Gasteiger partial charge in [0.2, 0.25) is 5.91 Å². The van der Waals surface area contributed by atoms with Crippen LogP contribution in [-0.4, -0.2) is 39.4 Å². The predicted molar refractivity (Wildman–Crippen MR) is 79.2 cm³/mol. The Morgan fingerprint density at radius 1 is 1.43 bits per heavy atom. The highest BCUT2D eigenvalue weighted by Gasteiger charge is 2.26. The quantitative estimate of drug-likeness (QED) is 0.933. The van der Waals surface area contributed by atoms with Gasteiger partial charge in [-0.25, -0.2) is 4.98 Å². The molecule has 0 aliphatic carbocycles. The van der Waals surface area contributed by atoms with Gasteiger partial charge in [-0.05, 0) is 18.9 Å². The lowest BCUT2D eigenvalue weighted by Gasteiger charge is -2.33. The molecule has 6 nitrogen and oxygen atoms in total. The average Bonchev–Trinajstić information content (AvgIpc) is 3.18. The minimum absolute atomic E-state index is 0.0303. The van der Waals surface area contributed by atoms with Crippen LogP contribution in [0.5, 0.6) is 0 Å². The highest BCUT2D eigenvalue weighted by atomic mass is 32.1.